The number of nitrogens with zero attached hydrogens (tertiary/aromatic N) is 6. The maximum absolute atomic E-state index is 12.5. The second-order valence-electron chi connectivity index (χ2n) is 9.19. The van der Waals surface area contributed by atoms with Gasteiger partial charge in [-0.2, -0.15) is 0 Å². The average Bonchev–Trinajstić information content (AvgIpc) is 2.89. The molecule has 1 N–H and O–H groups in total. The van der Waals surface area contributed by atoms with E-state index in [4.69, 9.17) is 0 Å². The molecule has 3 aromatic rings. The molecule has 0 atom stereocenters. The molecule has 1 aromatic heterocycles. The van der Waals surface area contributed by atoms with Crippen molar-refractivity contribution in [3.8, 4) is 0 Å². The molecule has 1 saturated heterocycles. The van der Waals surface area contributed by atoms with E-state index in [9.17, 15) is 14.9 Å². The van der Waals surface area contributed by atoms with E-state index >= 15 is 0 Å². The molecule has 1 fully saturated rings. The van der Waals surface area contributed by atoms with Gasteiger partial charge >= 0.3 is 0 Å². The van der Waals surface area contributed by atoms with Crippen molar-refractivity contribution in [1.29, 1.82) is 0 Å². The van der Waals surface area contributed by atoms with Crippen molar-refractivity contribution >= 4 is 23.1 Å². The normalized spacial score (nSPS) is 16.4. The standard InChI is InChI=1S/C26H29N7O3/c34-25(29-21-7-4-8-22(15-21)33(35)36)18-30-11-13-32(14-12-30)26-23-17-31(10-9-24(23)27-19-28-26)16-20-5-2-1-3-6-20/h1-8,15,19H,9-14,16-18H2,(H,29,34). The Morgan fingerprint density at radius 2 is 1.78 bits per heavy atom. The molecular weight excluding hydrogens is 458 g/mol. The Kier molecular flexibility index (Phi) is 7.15. The number of benzene rings is 2. The van der Waals surface area contributed by atoms with Gasteiger partial charge in [0.15, 0.2) is 0 Å². The number of nitrogens with one attached hydrogen (secondary N) is 1. The summed E-state index contributed by atoms with van der Waals surface area (Å²) in [7, 11) is 0. The van der Waals surface area contributed by atoms with Crippen molar-refractivity contribution in [1.82, 2.24) is 19.8 Å². The molecule has 3 heterocycles. The van der Waals surface area contributed by atoms with Crippen LogP contribution in [0.15, 0.2) is 60.9 Å². The summed E-state index contributed by atoms with van der Waals surface area (Å²) in [6.45, 7) is 5.95. The predicted molar refractivity (Wildman–Crippen MR) is 137 cm³/mol. The maximum Gasteiger partial charge on any atom is 0.271 e. The first-order valence-electron chi connectivity index (χ1n) is 12.2. The molecule has 2 aliphatic rings. The van der Waals surface area contributed by atoms with E-state index in [0.29, 0.717) is 5.69 Å². The topological polar surface area (TPSA) is 108 Å². The summed E-state index contributed by atoms with van der Waals surface area (Å²) in [5.74, 6) is 0.818. The fraction of sp³-hybridized carbons (Fsp3) is 0.346. The summed E-state index contributed by atoms with van der Waals surface area (Å²) in [5.41, 5.74) is 4.02. The number of aromatic nitrogens is 2. The lowest BCUT2D eigenvalue weighted by Crippen LogP contribution is -2.49. The number of nitro benzene ring substituents is 1. The third kappa shape index (κ3) is 5.67. The van der Waals surface area contributed by atoms with Gasteiger partial charge in [-0.25, -0.2) is 9.97 Å². The molecule has 36 heavy (non-hydrogen) atoms. The molecule has 0 saturated carbocycles. The van der Waals surface area contributed by atoms with Crippen molar-refractivity contribution in [3.05, 3.63) is 87.9 Å². The van der Waals surface area contributed by atoms with Gasteiger partial charge in [0.2, 0.25) is 5.91 Å². The van der Waals surface area contributed by atoms with E-state index in [1.165, 1.54) is 23.3 Å². The van der Waals surface area contributed by atoms with Crippen LogP contribution in [0.25, 0.3) is 0 Å². The number of carbonyl (C=O) groups is 1. The Hall–Kier alpha value is -3.89. The second kappa shape index (κ2) is 10.8. The maximum atomic E-state index is 12.5. The molecule has 0 spiro atoms. The first-order valence-corrected chi connectivity index (χ1v) is 12.2. The molecule has 2 aliphatic heterocycles. The van der Waals surface area contributed by atoms with E-state index in [1.54, 1.807) is 18.5 Å². The first kappa shape index (κ1) is 23.8. The van der Waals surface area contributed by atoms with Crippen LogP contribution in [0, 0.1) is 10.1 Å². The van der Waals surface area contributed by atoms with Crippen LogP contribution in [-0.4, -0.2) is 69.9 Å². The highest BCUT2D eigenvalue weighted by atomic mass is 16.6. The zero-order chi connectivity index (χ0) is 24.9. The molecule has 10 nitrogen and oxygen atoms in total. The number of amides is 1. The SMILES string of the molecule is O=C(CN1CCN(c2ncnc3c2CN(Cc2ccccc2)CC3)CC1)Nc1cccc([N+](=O)[O-])c1. The fourth-order valence-corrected chi connectivity index (χ4v) is 4.85. The minimum Gasteiger partial charge on any atom is -0.354 e. The van der Waals surface area contributed by atoms with Crippen molar-refractivity contribution in [2.45, 2.75) is 19.5 Å². The molecule has 5 rings (SSSR count). The lowest BCUT2D eigenvalue weighted by molar-refractivity contribution is -0.384. The second-order valence-corrected chi connectivity index (χ2v) is 9.19. The molecule has 10 heteroatoms. The molecule has 2 aromatic carbocycles. The Bertz CT molecular complexity index is 1230. The van der Waals surface area contributed by atoms with Gasteiger partial charge < -0.3 is 10.2 Å². The predicted octanol–water partition coefficient (Wildman–Crippen LogP) is 2.70. The highest BCUT2D eigenvalue weighted by Crippen LogP contribution is 2.27. The molecule has 0 aliphatic carbocycles. The number of fused-ring (bicyclic) bond motifs is 1. The zero-order valence-electron chi connectivity index (χ0n) is 20.0. The number of hydrogen-bond donors (Lipinski definition) is 1. The van der Waals surface area contributed by atoms with E-state index < -0.39 is 4.92 Å². The van der Waals surface area contributed by atoms with Gasteiger partial charge in [0.25, 0.3) is 5.69 Å². The quantitative estimate of drug-likeness (QED) is 0.400. The summed E-state index contributed by atoms with van der Waals surface area (Å²) in [6, 6.07) is 16.5. The van der Waals surface area contributed by atoms with Gasteiger partial charge in [0.05, 0.1) is 17.2 Å². The van der Waals surface area contributed by atoms with Gasteiger partial charge in [-0.3, -0.25) is 24.7 Å². The minimum atomic E-state index is -0.471. The third-order valence-corrected chi connectivity index (χ3v) is 6.69. The molecule has 186 valence electrons. The van der Waals surface area contributed by atoms with Crippen molar-refractivity contribution in [2.75, 3.05) is 49.5 Å². The summed E-state index contributed by atoms with van der Waals surface area (Å²) < 4.78 is 0. The van der Waals surface area contributed by atoms with Gasteiger partial charge in [-0.15, -0.1) is 0 Å². The average molecular weight is 488 g/mol. The van der Waals surface area contributed by atoms with Gasteiger partial charge in [0, 0.05) is 75.6 Å². The van der Waals surface area contributed by atoms with Crippen LogP contribution in [0.1, 0.15) is 16.8 Å². The highest BCUT2D eigenvalue weighted by molar-refractivity contribution is 5.92. The Morgan fingerprint density at radius 1 is 0.972 bits per heavy atom. The van der Waals surface area contributed by atoms with Crippen LogP contribution in [0.4, 0.5) is 17.2 Å². The molecule has 0 unspecified atom stereocenters. The Balaban J connectivity index is 1.17. The van der Waals surface area contributed by atoms with Crippen LogP contribution in [-0.2, 0) is 24.3 Å². The van der Waals surface area contributed by atoms with Crippen LogP contribution >= 0.6 is 0 Å². The summed E-state index contributed by atoms with van der Waals surface area (Å²) >= 11 is 0. The Labute approximate surface area is 209 Å². The molecule has 1 amide bonds. The lowest BCUT2D eigenvalue weighted by atomic mass is 10.0. The number of hydrogen-bond acceptors (Lipinski definition) is 8. The van der Waals surface area contributed by atoms with E-state index in [0.717, 1.165) is 63.7 Å². The third-order valence-electron chi connectivity index (χ3n) is 6.69. The number of piperazine rings is 1. The first-order chi connectivity index (χ1) is 17.5. The number of non-ortho nitro benzene ring substituents is 1. The molecular formula is C26H29N7O3. The van der Waals surface area contributed by atoms with E-state index in [1.807, 2.05) is 6.07 Å². The van der Waals surface area contributed by atoms with Gasteiger partial charge in [-0.1, -0.05) is 36.4 Å². The lowest BCUT2D eigenvalue weighted by Gasteiger charge is -2.37. The van der Waals surface area contributed by atoms with Gasteiger partial charge in [0.1, 0.15) is 12.1 Å². The zero-order valence-corrected chi connectivity index (χ0v) is 20.0. The summed E-state index contributed by atoms with van der Waals surface area (Å²) in [6.07, 6.45) is 2.58. The van der Waals surface area contributed by atoms with E-state index in [-0.39, 0.29) is 18.1 Å². The van der Waals surface area contributed by atoms with Crippen LogP contribution < -0.4 is 10.2 Å². The van der Waals surface area contributed by atoms with Crippen molar-refractivity contribution in [2.24, 2.45) is 0 Å². The number of anilines is 2. The summed E-state index contributed by atoms with van der Waals surface area (Å²) in [5, 5.41) is 13.7. The summed E-state index contributed by atoms with van der Waals surface area (Å²) in [4.78, 5) is 39.1. The monoisotopic (exact) mass is 487 g/mol. The van der Waals surface area contributed by atoms with Gasteiger partial charge in [-0.05, 0) is 11.6 Å². The minimum absolute atomic E-state index is 0.0445. The van der Waals surface area contributed by atoms with Crippen LogP contribution in [0.3, 0.4) is 0 Å². The van der Waals surface area contributed by atoms with E-state index in [2.05, 4.69) is 54.2 Å². The van der Waals surface area contributed by atoms with Crippen LogP contribution in [0.5, 0.6) is 0 Å². The largest absolute Gasteiger partial charge is 0.354 e. The number of nitro groups is 1. The number of rotatable bonds is 7. The Morgan fingerprint density at radius 3 is 2.56 bits per heavy atom. The van der Waals surface area contributed by atoms with Crippen LogP contribution in [0.2, 0.25) is 0 Å². The molecule has 0 bridgehead atoms. The smallest absolute Gasteiger partial charge is 0.271 e. The highest BCUT2D eigenvalue weighted by Gasteiger charge is 2.26. The van der Waals surface area contributed by atoms with Crippen molar-refractivity contribution < 1.29 is 9.72 Å². The number of carbonyl (C=O) groups excluding carboxylic acids is 1. The van der Waals surface area contributed by atoms with Crippen molar-refractivity contribution in [3.63, 3.8) is 0 Å². The molecule has 0 radical (unpaired) electrons. The fourth-order valence-electron chi connectivity index (χ4n) is 4.85.